The Labute approximate surface area is 224 Å². The molecule has 0 unspecified atom stereocenters. The SMILES string of the molecule is CC1(C)C(=O)N(c2ccc(OC(F)(F)F)c(NC(=O)[C@H](N)CC3CCCCC3)c2)C(=O)N1Cc1ccncc1. The van der Waals surface area contributed by atoms with Gasteiger partial charge in [-0.2, -0.15) is 0 Å². The Hall–Kier alpha value is -3.67. The van der Waals surface area contributed by atoms with E-state index in [1.165, 1.54) is 11.0 Å². The van der Waals surface area contributed by atoms with E-state index >= 15 is 0 Å². The second kappa shape index (κ2) is 11.2. The zero-order valence-corrected chi connectivity index (χ0v) is 21.8. The van der Waals surface area contributed by atoms with Gasteiger partial charge in [0, 0.05) is 18.9 Å². The van der Waals surface area contributed by atoms with Gasteiger partial charge in [0.15, 0.2) is 5.75 Å². The van der Waals surface area contributed by atoms with E-state index < -0.39 is 41.5 Å². The number of carbonyl (C=O) groups excluding carboxylic acids is 3. The van der Waals surface area contributed by atoms with E-state index in [4.69, 9.17) is 5.73 Å². The predicted molar refractivity (Wildman–Crippen MR) is 138 cm³/mol. The van der Waals surface area contributed by atoms with Crippen molar-refractivity contribution in [2.75, 3.05) is 10.2 Å². The Morgan fingerprint density at radius 3 is 2.46 bits per heavy atom. The third-order valence-electron chi connectivity index (χ3n) is 7.27. The monoisotopic (exact) mass is 547 g/mol. The molecule has 1 aliphatic carbocycles. The number of alkyl halides is 3. The van der Waals surface area contributed by atoms with Crippen molar-refractivity contribution in [3.8, 4) is 5.75 Å². The number of benzene rings is 1. The molecule has 1 saturated carbocycles. The number of halogens is 3. The van der Waals surface area contributed by atoms with Gasteiger partial charge in [-0.15, -0.1) is 13.2 Å². The molecule has 210 valence electrons. The highest BCUT2D eigenvalue weighted by Crippen LogP contribution is 2.38. The number of imide groups is 1. The maximum absolute atomic E-state index is 13.4. The van der Waals surface area contributed by atoms with Crippen LogP contribution in [0.3, 0.4) is 0 Å². The van der Waals surface area contributed by atoms with Gasteiger partial charge in [0.25, 0.3) is 5.91 Å². The maximum Gasteiger partial charge on any atom is 0.573 e. The zero-order valence-electron chi connectivity index (χ0n) is 21.8. The molecule has 2 fully saturated rings. The summed E-state index contributed by atoms with van der Waals surface area (Å²) in [7, 11) is 0. The van der Waals surface area contributed by atoms with Crippen LogP contribution in [-0.2, 0) is 16.1 Å². The van der Waals surface area contributed by atoms with Gasteiger partial charge >= 0.3 is 12.4 Å². The second-order valence-corrected chi connectivity index (χ2v) is 10.5. The molecular weight excluding hydrogens is 515 g/mol. The minimum Gasteiger partial charge on any atom is -0.404 e. The summed E-state index contributed by atoms with van der Waals surface area (Å²) in [6.45, 7) is 3.29. The lowest BCUT2D eigenvalue weighted by Crippen LogP contribution is -2.43. The largest absolute Gasteiger partial charge is 0.573 e. The topological polar surface area (TPSA) is 118 Å². The van der Waals surface area contributed by atoms with Crippen molar-refractivity contribution in [3.05, 3.63) is 48.3 Å². The highest BCUT2D eigenvalue weighted by atomic mass is 19.4. The van der Waals surface area contributed by atoms with Gasteiger partial charge in [-0.05, 0) is 62.1 Å². The molecule has 0 spiro atoms. The van der Waals surface area contributed by atoms with E-state index in [0.29, 0.717) is 6.42 Å². The number of hydrogen-bond acceptors (Lipinski definition) is 6. The first-order valence-electron chi connectivity index (χ1n) is 12.9. The fraction of sp³-hybridized carbons (Fsp3) is 0.481. The molecule has 1 aliphatic heterocycles. The van der Waals surface area contributed by atoms with Gasteiger partial charge in [-0.1, -0.05) is 32.1 Å². The summed E-state index contributed by atoms with van der Waals surface area (Å²) >= 11 is 0. The zero-order chi connectivity index (χ0) is 28.4. The number of aromatic nitrogens is 1. The molecule has 3 N–H and O–H groups in total. The minimum atomic E-state index is -5.03. The lowest BCUT2D eigenvalue weighted by molar-refractivity contribution is -0.274. The highest BCUT2D eigenvalue weighted by molar-refractivity contribution is 6.23. The summed E-state index contributed by atoms with van der Waals surface area (Å²) in [5, 5.41) is 2.43. The van der Waals surface area contributed by atoms with E-state index in [-0.39, 0.29) is 23.8 Å². The number of anilines is 2. The predicted octanol–water partition coefficient (Wildman–Crippen LogP) is 4.96. The number of amides is 4. The van der Waals surface area contributed by atoms with Gasteiger partial charge in [0.2, 0.25) is 5.91 Å². The first kappa shape index (κ1) is 28.3. The van der Waals surface area contributed by atoms with Gasteiger partial charge in [-0.25, -0.2) is 9.69 Å². The van der Waals surface area contributed by atoms with Gasteiger partial charge in [-0.3, -0.25) is 14.6 Å². The summed E-state index contributed by atoms with van der Waals surface area (Å²) in [4.78, 5) is 45.8. The summed E-state index contributed by atoms with van der Waals surface area (Å²) in [6.07, 6.45) is 3.64. The third-order valence-corrected chi connectivity index (χ3v) is 7.27. The molecule has 1 atom stereocenters. The van der Waals surface area contributed by atoms with Crippen molar-refractivity contribution < 1.29 is 32.3 Å². The first-order valence-corrected chi connectivity index (χ1v) is 12.9. The van der Waals surface area contributed by atoms with Gasteiger partial charge < -0.3 is 20.7 Å². The minimum absolute atomic E-state index is 0.0130. The fourth-order valence-corrected chi connectivity index (χ4v) is 5.08. The first-order chi connectivity index (χ1) is 18.4. The average Bonchev–Trinajstić information content (AvgIpc) is 3.04. The number of pyridine rings is 1. The quantitative estimate of drug-likeness (QED) is 0.451. The van der Waals surface area contributed by atoms with Crippen LogP contribution in [0, 0.1) is 5.92 Å². The van der Waals surface area contributed by atoms with Crippen molar-refractivity contribution in [1.29, 1.82) is 0 Å². The van der Waals surface area contributed by atoms with Crippen molar-refractivity contribution in [2.45, 2.75) is 76.9 Å². The van der Waals surface area contributed by atoms with Crippen molar-refractivity contribution in [2.24, 2.45) is 11.7 Å². The molecular formula is C27H32F3N5O4. The number of nitrogens with two attached hydrogens (primary N) is 1. The van der Waals surface area contributed by atoms with Crippen LogP contribution in [0.5, 0.6) is 5.75 Å². The number of ether oxygens (including phenoxy) is 1. The van der Waals surface area contributed by atoms with E-state index in [1.807, 2.05) is 0 Å². The van der Waals surface area contributed by atoms with Crippen LogP contribution in [0.1, 0.15) is 57.9 Å². The van der Waals surface area contributed by atoms with Crippen LogP contribution < -0.4 is 20.7 Å². The number of carbonyl (C=O) groups is 3. The number of nitrogens with zero attached hydrogens (tertiary/aromatic N) is 3. The number of urea groups is 1. The normalized spacial score (nSPS) is 18.8. The fourth-order valence-electron chi connectivity index (χ4n) is 5.08. The summed E-state index contributed by atoms with van der Waals surface area (Å²) < 4.78 is 43.5. The Balaban J connectivity index is 1.60. The molecule has 1 aromatic carbocycles. The molecule has 39 heavy (non-hydrogen) atoms. The average molecular weight is 548 g/mol. The molecule has 0 bridgehead atoms. The molecule has 4 rings (SSSR count). The van der Waals surface area contributed by atoms with Crippen molar-refractivity contribution >= 4 is 29.2 Å². The standard InChI is InChI=1S/C27H32F3N5O4/c1-26(2)24(37)35(25(38)34(26)16-18-10-12-32-13-11-18)19-8-9-22(39-27(28,29)30)21(15-19)33-23(36)20(31)14-17-6-4-3-5-7-17/h8-13,15,17,20H,3-7,14,16,31H2,1-2H3,(H,33,36)/t20-/m1/s1. The molecule has 9 nitrogen and oxygen atoms in total. The van der Waals surface area contributed by atoms with Crippen LogP contribution in [0.4, 0.5) is 29.3 Å². The Kier molecular flexibility index (Phi) is 8.15. The molecule has 2 aliphatic rings. The summed E-state index contributed by atoms with van der Waals surface area (Å²) in [5.41, 5.74) is 5.24. The van der Waals surface area contributed by atoms with Crippen molar-refractivity contribution in [1.82, 2.24) is 9.88 Å². The number of rotatable bonds is 8. The highest BCUT2D eigenvalue weighted by Gasteiger charge is 2.52. The third kappa shape index (κ3) is 6.49. The number of nitrogens with one attached hydrogen (secondary N) is 1. The van der Waals surface area contributed by atoms with Crippen molar-refractivity contribution in [3.63, 3.8) is 0 Å². The van der Waals surface area contributed by atoms with Crippen LogP contribution in [0.15, 0.2) is 42.7 Å². The molecule has 2 heterocycles. The van der Waals surface area contributed by atoms with Crippen LogP contribution >= 0.6 is 0 Å². The van der Waals surface area contributed by atoms with Gasteiger partial charge in [0.05, 0.1) is 17.4 Å². The Morgan fingerprint density at radius 2 is 1.82 bits per heavy atom. The van der Waals surface area contributed by atoms with E-state index in [2.05, 4.69) is 15.0 Å². The molecule has 1 saturated heterocycles. The van der Waals surface area contributed by atoms with Gasteiger partial charge in [0.1, 0.15) is 5.54 Å². The van der Waals surface area contributed by atoms with E-state index in [0.717, 1.165) is 54.7 Å². The smallest absolute Gasteiger partial charge is 0.404 e. The van der Waals surface area contributed by atoms with Crippen LogP contribution in [0.2, 0.25) is 0 Å². The lowest BCUT2D eigenvalue weighted by Gasteiger charge is -2.27. The summed E-state index contributed by atoms with van der Waals surface area (Å²) in [6, 6.07) is 5.07. The Morgan fingerprint density at radius 1 is 1.15 bits per heavy atom. The summed E-state index contributed by atoms with van der Waals surface area (Å²) in [5.74, 6) is -1.66. The molecule has 12 heteroatoms. The molecule has 0 radical (unpaired) electrons. The molecule has 4 amide bonds. The van der Waals surface area contributed by atoms with E-state index in [1.54, 1.807) is 38.4 Å². The molecule has 1 aromatic heterocycles. The van der Waals surface area contributed by atoms with Crippen LogP contribution in [0.25, 0.3) is 0 Å². The molecule has 2 aromatic rings. The van der Waals surface area contributed by atoms with Crippen LogP contribution in [-0.4, -0.2) is 45.7 Å². The number of hydrogen-bond donors (Lipinski definition) is 2. The second-order valence-electron chi connectivity index (χ2n) is 10.5. The maximum atomic E-state index is 13.4. The Bertz CT molecular complexity index is 1220. The van der Waals surface area contributed by atoms with E-state index in [9.17, 15) is 27.6 Å². The lowest BCUT2D eigenvalue weighted by atomic mass is 9.85.